The molecule has 4 heteroatoms. The van der Waals surface area contributed by atoms with Gasteiger partial charge in [-0.1, -0.05) is 29.8 Å². The first kappa shape index (κ1) is 16.8. The molecule has 3 nitrogen and oxygen atoms in total. The molecule has 0 aromatic heterocycles. The number of ether oxygens (including phenoxy) is 2. The fraction of sp³-hybridized carbons (Fsp3) is 0.647. The van der Waals surface area contributed by atoms with E-state index in [1.165, 1.54) is 5.56 Å². The number of benzene rings is 1. The van der Waals surface area contributed by atoms with Gasteiger partial charge in [-0.25, -0.2) is 0 Å². The topological polar surface area (TPSA) is 30.5 Å². The highest BCUT2D eigenvalue weighted by atomic mass is 79.9. The minimum absolute atomic E-state index is 0.0710. The van der Waals surface area contributed by atoms with E-state index in [-0.39, 0.29) is 5.60 Å². The lowest BCUT2D eigenvalue weighted by molar-refractivity contribution is -0.0932. The summed E-state index contributed by atoms with van der Waals surface area (Å²) in [7, 11) is 1.70. The summed E-state index contributed by atoms with van der Waals surface area (Å²) < 4.78 is 12.5. The molecule has 1 atom stereocenters. The van der Waals surface area contributed by atoms with Gasteiger partial charge in [0.05, 0.1) is 12.7 Å². The van der Waals surface area contributed by atoms with Crippen LogP contribution in [0.3, 0.4) is 0 Å². The van der Waals surface area contributed by atoms with Crippen molar-refractivity contribution in [1.82, 2.24) is 5.32 Å². The number of halogens is 1. The van der Waals surface area contributed by atoms with Crippen molar-refractivity contribution in [3.8, 4) is 5.75 Å². The zero-order valence-corrected chi connectivity index (χ0v) is 14.8. The van der Waals surface area contributed by atoms with Crippen LogP contribution in [0.4, 0.5) is 0 Å². The lowest BCUT2D eigenvalue weighted by Crippen LogP contribution is -2.46. The number of hydrogen-bond acceptors (Lipinski definition) is 3. The smallest absolute Gasteiger partial charge is 0.119 e. The predicted molar refractivity (Wildman–Crippen MR) is 89.8 cm³/mol. The molecule has 1 aromatic carbocycles. The molecule has 0 amide bonds. The second-order valence-electron chi connectivity index (χ2n) is 5.77. The monoisotopic (exact) mass is 355 g/mol. The van der Waals surface area contributed by atoms with E-state index in [9.17, 15) is 0 Å². The molecular weight excluding hydrogens is 330 g/mol. The van der Waals surface area contributed by atoms with E-state index >= 15 is 0 Å². The Labute approximate surface area is 136 Å². The third kappa shape index (κ3) is 4.21. The molecule has 1 unspecified atom stereocenters. The standard InChI is InChI=1S/C17H26BrNO2/c1-4-17(5-2)11-14(8-9-21-17)19-12-13-10-15(20-3)6-7-16(13)18/h6-7,10,14,19H,4-5,8-9,11-12H2,1-3H3. The van der Waals surface area contributed by atoms with E-state index in [2.05, 4.69) is 41.2 Å². The molecule has 1 saturated heterocycles. The van der Waals surface area contributed by atoms with Crippen molar-refractivity contribution in [3.63, 3.8) is 0 Å². The van der Waals surface area contributed by atoms with E-state index in [0.717, 1.165) is 49.1 Å². The number of rotatable bonds is 6. The summed E-state index contributed by atoms with van der Waals surface area (Å²) in [6, 6.07) is 6.63. The molecule has 0 aliphatic carbocycles. The van der Waals surface area contributed by atoms with E-state index in [1.807, 2.05) is 12.1 Å². The molecule has 0 spiro atoms. The average Bonchev–Trinajstić information content (AvgIpc) is 2.54. The van der Waals surface area contributed by atoms with Crippen molar-refractivity contribution in [2.75, 3.05) is 13.7 Å². The van der Waals surface area contributed by atoms with E-state index in [4.69, 9.17) is 9.47 Å². The lowest BCUT2D eigenvalue weighted by Gasteiger charge is -2.40. The molecule has 1 fully saturated rings. The Morgan fingerprint density at radius 3 is 2.81 bits per heavy atom. The van der Waals surface area contributed by atoms with Crippen LogP contribution in [0.15, 0.2) is 22.7 Å². The van der Waals surface area contributed by atoms with Gasteiger partial charge >= 0.3 is 0 Å². The minimum atomic E-state index is 0.0710. The molecule has 118 valence electrons. The van der Waals surface area contributed by atoms with Gasteiger partial charge in [0.2, 0.25) is 0 Å². The summed E-state index contributed by atoms with van der Waals surface area (Å²) in [5.74, 6) is 0.901. The molecule has 21 heavy (non-hydrogen) atoms. The minimum Gasteiger partial charge on any atom is -0.497 e. The maximum absolute atomic E-state index is 6.04. The van der Waals surface area contributed by atoms with Gasteiger partial charge in [-0.05, 0) is 49.4 Å². The van der Waals surface area contributed by atoms with Gasteiger partial charge in [-0.2, -0.15) is 0 Å². The van der Waals surface area contributed by atoms with Crippen LogP contribution in [0.5, 0.6) is 5.75 Å². The van der Waals surface area contributed by atoms with Gasteiger partial charge in [0.25, 0.3) is 0 Å². The normalized spacial score (nSPS) is 21.2. The molecule has 1 N–H and O–H groups in total. The molecule has 0 saturated carbocycles. The Kier molecular flexibility index (Phi) is 6.08. The van der Waals surface area contributed by atoms with Crippen molar-refractivity contribution < 1.29 is 9.47 Å². The fourth-order valence-corrected chi connectivity index (χ4v) is 3.40. The third-order valence-electron chi connectivity index (χ3n) is 4.62. The second kappa shape index (κ2) is 7.61. The first-order chi connectivity index (χ1) is 10.1. The van der Waals surface area contributed by atoms with Crippen molar-refractivity contribution in [2.24, 2.45) is 0 Å². The Hall–Kier alpha value is -0.580. The van der Waals surface area contributed by atoms with Crippen LogP contribution in [0, 0.1) is 0 Å². The van der Waals surface area contributed by atoms with Crippen molar-refractivity contribution in [3.05, 3.63) is 28.2 Å². The van der Waals surface area contributed by atoms with Crippen LogP contribution in [-0.2, 0) is 11.3 Å². The fourth-order valence-electron chi connectivity index (χ4n) is 3.01. The quantitative estimate of drug-likeness (QED) is 0.825. The van der Waals surface area contributed by atoms with Crippen molar-refractivity contribution >= 4 is 15.9 Å². The largest absolute Gasteiger partial charge is 0.497 e. The van der Waals surface area contributed by atoms with Gasteiger partial charge in [0.15, 0.2) is 0 Å². The van der Waals surface area contributed by atoms with E-state index in [0.29, 0.717) is 6.04 Å². The summed E-state index contributed by atoms with van der Waals surface area (Å²) in [5, 5.41) is 3.69. The number of hydrogen-bond donors (Lipinski definition) is 1. The first-order valence-corrected chi connectivity index (χ1v) is 8.61. The zero-order valence-electron chi connectivity index (χ0n) is 13.2. The highest BCUT2D eigenvalue weighted by Gasteiger charge is 2.34. The zero-order chi connectivity index (χ0) is 15.3. The summed E-state index contributed by atoms with van der Waals surface area (Å²) in [4.78, 5) is 0. The summed E-state index contributed by atoms with van der Waals surface area (Å²) >= 11 is 3.61. The maximum atomic E-state index is 6.04. The first-order valence-electron chi connectivity index (χ1n) is 7.82. The van der Waals surface area contributed by atoms with Crippen molar-refractivity contribution in [1.29, 1.82) is 0 Å². The third-order valence-corrected chi connectivity index (χ3v) is 5.39. The molecule has 2 rings (SSSR count). The molecule has 1 aliphatic heterocycles. The number of methoxy groups -OCH3 is 1. The van der Waals surface area contributed by atoms with E-state index in [1.54, 1.807) is 7.11 Å². The van der Waals surface area contributed by atoms with Crippen LogP contribution >= 0.6 is 15.9 Å². The van der Waals surface area contributed by atoms with Gasteiger partial charge in [-0.15, -0.1) is 0 Å². The Morgan fingerprint density at radius 2 is 2.14 bits per heavy atom. The van der Waals surface area contributed by atoms with Gasteiger partial charge in [-0.3, -0.25) is 0 Å². The van der Waals surface area contributed by atoms with Crippen LogP contribution < -0.4 is 10.1 Å². The summed E-state index contributed by atoms with van der Waals surface area (Å²) in [5.41, 5.74) is 1.31. The maximum Gasteiger partial charge on any atom is 0.119 e. The van der Waals surface area contributed by atoms with E-state index < -0.39 is 0 Å². The Balaban J connectivity index is 1.96. The molecule has 1 aromatic rings. The van der Waals surface area contributed by atoms with Crippen LogP contribution in [-0.4, -0.2) is 25.4 Å². The van der Waals surface area contributed by atoms with Gasteiger partial charge in [0.1, 0.15) is 5.75 Å². The second-order valence-corrected chi connectivity index (χ2v) is 6.62. The SMILES string of the molecule is CCC1(CC)CC(NCc2cc(OC)ccc2Br)CCO1. The highest BCUT2D eigenvalue weighted by molar-refractivity contribution is 9.10. The molecule has 1 heterocycles. The summed E-state index contributed by atoms with van der Waals surface area (Å²) in [6.07, 6.45) is 4.36. The Morgan fingerprint density at radius 1 is 1.38 bits per heavy atom. The van der Waals surface area contributed by atoms with Gasteiger partial charge in [0, 0.05) is 23.7 Å². The molecule has 0 bridgehead atoms. The van der Waals surface area contributed by atoms with Crippen molar-refractivity contribution in [2.45, 2.75) is 57.7 Å². The Bertz CT molecular complexity index is 460. The summed E-state index contributed by atoms with van der Waals surface area (Å²) in [6.45, 7) is 6.17. The molecule has 0 radical (unpaired) electrons. The highest BCUT2D eigenvalue weighted by Crippen LogP contribution is 2.31. The van der Waals surface area contributed by atoms with Crippen LogP contribution in [0.1, 0.15) is 45.1 Å². The molecule has 1 aliphatic rings. The van der Waals surface area contributed by atoms with Crippen LogP contribution in [0.25, 0.3) is 0 Å². The predicted octanol–water partition coefficient (Wildman–Crippen LogP) is 4.29. The lowest BCUT2D eigenvalue weighted by atomic mass is 9.86. The molecular formula is C17H26BrNO2. The van der Waals surface area contributed by atoms with Crippen LogP contribution in [0.2, 0.25) is 0 Å². The number of nitrogens with one attached hydrogen (secondary N) is 1. The average molecular weight is 356 g/mol. The van der Waals surface area contributed by atoms with Gasteiger partial charge < -0.3 is 14.8 Å².